The van der Waals surface area contributed by atoms with Crippen molar-refractivity contribution in [1.29, 1.82) is 0 Å². The van der Waals surface area contributed by atoms with Crippen LogP contribution in [0.2, 0.25) is 0 Å². The van der Waals surface area contributed by atoms with Crippen molar-refractivity contribution in [2.24, 2.45) is 0 Å². The maximum Gasteiger partial charge on any atom is 0.232 e. The van der Waals surface area contributed by atoms with Gasteiger partial charge in [-0.2, -0.15) is 0 Å². The number of thioether (sulfide) groups is 1. The molecule has 1 aromatic heterocycles. The summed E-state index contributed by atoms with van der Waals surface area (Å²) < 4.78 is 0. The fourth-order valence-corrected chi connectivity index (χ4v) is 3.73. The van der Waals surface area contributed by atoms with Crippen LogP contribution in [-0.2, 0) is 11.2 Å². The van der Waals surface area contributed by atoms with Crippen molar-refractivity contribution >= 4 is 17.7 Å². The molecule has 2 heterocycles. The van der Waals surface area contributed by atoms with Crippen LogP contribution in [0.5, 0.6) is 0 Å². The molecule has 25 heavy (non-hydrogen) atoms. The Morgan fingerprint density at radius 3 is 2.32 bits per heavy atom. The lowest BCUT2D eigenvalue weighted by atomic mass is 10.1. The van der Waals surface area contributed by atoms with Gasteiger partial charge < -0.3 is 4.90 Å². The van der Waals surface area contributed by atoms with Crippen molar-refractivity contribution in [3.8, 4) is 11.3 Å². The molecule has 0 radical (unpaired) electrons. The lowest BCUT2D eigenvalue weighted by molar-refractivity contribution is -0.128. The van der Waals surface area contributed by atoms with Gasteiger partial charge >= 0.3 is 0 Å². The minimum atomic E-state index is 0.216. The molecule has 5 heteroatoms. The average Bonchev–Trinajstić information content (AvgIpc) is 2.96. The third kappa shape index (κ3) is 5.05. The SMILES string of the molecule is CCc1ccc(-c2ccc(SCC(=O)N3CCCCCC3)nn2)cc1. The van der Waals surface area contributed by atoms with E-state index in [0.29, 0.717) is 5.75 Å². The number of benzene rings is 1. The van der Waals surface area contributed by atoms with Crippen molar-refractivity contribution in [2.45, 2.75) is 44.1 Å². The molecule has 0 bridgehead atoms. The zero-order chi connectivity index (χ0) is 17.5. The quantitative estimate of drug-likeness (QED) is 0.754. The smallest absolute Gasteiger partial charge is 0.232 e. The minimum absolute atomic E-state index is 0.216. The Bertz CT molecular complexity index is 677. The summed E-state index contributed by atoms with van der Waals surface area (Å²) in [7, 11) is 0. The molecule has 0 unspecified atom stereocenters. The molecule has 0 saturated carbocycles. The lowest BCUT2D eigenvalue weighted by Gasteiger charge is -2.19. The van der Waals surface area contributed by atoms with E-state index in [4.69, 9.17) is 0 Å². The fraction of sp³-hybridized carbons (Fsp3) is 0.450. The summed E-state index contributed by atoms with van der Waals surface area (Å²) in [6, 6.07) is 12.3. The second-order valence-electron chi connectivity index (χ2n) is 6.39. The molecule has 1 fully saturated rings. The molecule has 0 spiro atoms. The highest BCUT2D eigenvalue weighted by molar-refractivity contribution is 7.99. The molecule has 0 atom stereocenters. The zero-order valence-electron chi connectivity index (χ0n) is 14.8. The fourth-order valence-electron chi connectivity index (χ4n) is 3.01. The molecule has 0 N–H and O–H groups in total. The van der Waals surface area contributed by atoms with Crippen LogP contribution in [0.15, 0.2) is 41.4 Å². The molecule has 2 aromatic rings. The Labute approximate surface area is 154 Å². The second kappa shape index (κ2) is 8.99. The highest BCUT2D eigenvalue weighted by atomic mass is 32.2. The van der Waals surface area contributed by atoms with E-state index in [1.54, 1.807) is 0 Å². The number of aromatic nitrogens is 2. The van der Waals surface area contributed by atoms with Crippen LogP contribution in [0, 0.1) is 0 Å². The van der Waals surface area contributed by atoms with E-state index in [1.165, 1.54) is 30.2 Å². The highest BCUT2D eigenvalue weighted by Gasteiger charge is 2.15. The van der Waals surface area contributed by atoms with Crippen molar-refractivity contribution in [3.05, 3.63) is 42.0 Å². The van der Waals surface area contributed by atoms with Gasteiger partial charge in [-0.25, -0.2) is 0 Å². The molecule has 1 aliphatic rings. The normalized spacial score (nSPS) is 15.0. The van der Waals surface area contributed by atoms with Crippen molar-refractivity contribution in [2.75, 3.05) is 18.8 Å². The van der Waals surface area contributed by atoms with Crippen LogP contribution < -0.4 is 0 Å². The maximum atomic E-state index is 12.3. The van der Waals surface area contributed by atoms with E-state index in [2.05, 4.69) is 41.4 Å². The lowest BCUT2D eigenvalue weighted by Crippen LogP contribution is -2.33. The standard InChI is InChI=1S/C20H25N3OS/c1-2-16-7-9-17(10-8-16)18-11-12-19(22-21-18)25-15-20(24)23-13-5-3-4-6-14-23/h7-12H,2-6,13-15H2,1H3. The molecule has 4 nitrogen and oxygen atoms in total. The first kappa shape index (κ1) is 17.9. The summed E-state index contributed by atoms with van der Waals surface area (Å²) in [4.78, 5) is 14.3. The summed E-state index contributed by atoms with van der Waals surface area (Å²) in [5.41, 5.74) is 3.25. The molecule has 0 aliphatic carbocycles. The summed E-state index contributed by atoms with van der Waals surface area (Å²) in [6.45, 7) is 3.95. The number of rotatable bonds is 5. The predicted molar refractivity (Wildman–Crippen MR) is 103 cm³/mol. The van der Waals surface area contributed by atoms with Gasteiger partial charge in [0.25, 0.3) is 0 Å². The second-order valence-corrected chi connectivity index (χ2v) is 7.39. The van der Waals surface area contributed by atoms with Crippen molar-refractivity contribution in [1.82, 2.24) is 15.1 Å². The van der Waals surface area contributed by atoms with E-state index < -0.39 is 0 Å². The molecule has 132 valence electrons. The number of hydrogen-bond acceptors (Lipinski definition) is 4. The summed E-state index contributed by atoms with van der Waals surface area (Å²) in [6.07, 6.45) is 5.77. The number of carbonyl (C=O) groups is 1. The van der Waals surface area contributed by atoms with Crippen LogP contribution in [0.3, 0.4) is 0 Å². The van der Waals surface area contributed by atoms with Crippen LogP contribution >= 0.6 is 11.8 Å². The van der Waals surface area contributed by atoms with Gasteiger partial charge in [0.15, 0.2) is 0 Å². The molecule has 1 aromatic carbocycles. The average molecular weight is 356 g/mol. The van der Waals surface area contributed by atoms with Crippen molar-refractivity contribution < 1.29 is 4.79 Å². The van der Waals surface area contributed by atoms with Crippen LogP contribution in [-0.4, -0.2) is 39.8 Å². The number of likely N-dealkylation sites (tertiary alicyclic amines) is 1. The summed E-state index contributed by atoms with van der Waals surface area (Å²) in [5, 5.41) is 9.39. The number of hydrogen-bond donors (Lipinski definition) is 0. The Kier molecular flexibility index (Phi) is 6.45. The van der Waals surface area contributed by atoms with Gasteiger partial charge in [0.2, 0.25) is 5.91 Å². The van der Waals surface area contributed by atoms with Gasteiger partial charge in [0.05, 0.1) is 11.4 Å². The third-order valence-electron chi connectivity index (χ3n) is 4.60. The molecular weight excluding hydrogens is 330 g/mol. The van der Waals surface area contributed by atoms with E-state index >= 15 is 0 Å². The number of nitrogens with zero attached hydrogens (tertiary/aromatic N) is 3. The Balaban J connectivity index is 1.55. The van der Waals surface area contributed by atoms with Gasteiger partial charge in [-0.3, -0.25) is 4.79 Å². The van der Waals surface area contributed by atoms with Crippen LogP contribution in [0.1, 0.15) is 38.2 Å². The van der Waals surface area contributed by atoms with E-state index in [0.717, 1.165) is 48.6 Å². The minimum Gasteiger partial charge on any atom is -0.342 e. The Morgan fingerprint density at radius 2 is 1.72 bits per heavy atom. The van der Waals surface area contributed by atoms with Crippen LogP contribution in [0.4, 0.5) is 0 Å². The monoisotopic (exact) mass is 355 g/mol. The van der Waals surface area contributed by atoms with Gasteiger partial charge in [0.1, 0.15) is 5.03 Å². The van der Waals surface area contributed by atoms with E-state index in [9.17, 15) is 4.79 Å². The molecule has 1 aliphatic heterocycles. The zero-order valence-corrected chi connectivity index (χ0v) is 15.6. The Hall–Kier alpha value is -1.88. The molecular formula is C20H25N3OS. The number of carbonyl (C=O) groups excluding carboxylic acids is 1. The van der Waals surface area contributed by atoms with Crippen molar-refractivity contribution in [3.63, 3.8) is 0 Å². The third-order valence-corrected chi connectivity index (χ3v) is 5.51. The first-order valence-corrected chi connectivity index (χ1v) is 10.1. The number of amides is 1. The first-order chi connectivity index (χ1) is 12.3. The first-order valence-electron chi connectivity index (χ1n) is 9.10. The van der Waals surface area contributed by atoms with Crippen LogP contribution in [0.25, 0.3) is 11.3 Å². The summed E-state index contributed by atoms with van der Waals surface area (Å²) in [5.74, 6) is 0.659. The summed E-state index contributed by atoms with van der Waals surface area (Å²) >= 11 is 1.47. The largest absolute Gasteiger partial charge is 0.342 e. The molecule has 1 saturated heterocycles. The van der Waals surface area contributed by atoms with Gasteiger partial charge in [0, 0.05) is 18.7 Å². The number of aryl methyl sites for hydroxylation is 1. The van der Waals surface area contributed by atoms with E-state index in [-0.39, 0.29) is 5.91 Å². The Morgan fingerprint density at radius 1 is 1.00 bits per heavy atom. The molecule has 3 rings (SSSR count). The van der Waals surface area contributed by atoms with Gasteiger partial charge in [-0.05, 0) is 37.0 Å². The molecule has 1 amide bonds. The van der Waals surface area contributed by atoms with Gasteiger partial charge in [-0.15, -0.1) is 10.2 Å². The van der Waals surface area contributed by atoms with E-state index in [1.807, 2.05) is 17.0 Å². The maximum absolute atomic E-state index is 12.3. The topological polar surface area (TPSA) is 46.1 Å². The predicted octanol–water partition coefficient (Wildman–Crippen LogP) is 4.20. The highest BCUT2D eigenvalue weighted by Crippen LogP contribution is 2.21. The van der Waals surface area contributed by atoms with Gasteiger partial charge in [-0.1, -0.05) is 55.8 Å².